The summed E-state index contributed by atoms with van der Waals surface area (Å²) in [5.74, 6) is -1.44. The zero-order valence-corrected chi connectivity index (χ0v) is 11.8. The molecule has 0 aliphatic heterocycles. The van der Waals surface area contributed by atoms with Gasteiger partial charge < -0.3 is 10.5 Å². The van der Waals surface area contributed by atoms with Crippen LogP contribution in [0.1, 0.15) is 12.5 Å². The minimum atomic E-state index is -3.70. The first-order valence-electron chi connectivity index (χ1n) is 5.78. The summed E-state index contributed by atoms with van der Waals surface area (Å²) >= 11 is 0. The largest absolute Gasteiger partial charge is 0.468 e. The first-order chi connectivity index (χ1) is 8.90. The summed E-state index contributed by atoms with van der Waals surface area (Å²) in [5, 5.41) is 0. The van der Waals surface area contributed by atoms with E-state index in [2.05, 4.69) is 4.74 Å². The van der Waals surface area contributed by atoms with Crippen molar-refractivity contribution in [3.05, 3.63) is 29.8 Å². The van der Waals surface area contributed by atoms with E-state index in [0.29, 0.717) is 11.3 Å². The molecule has 0 spiro atoms. The fraction of sp³-hybridized carbons (Fsp3) is 0.417. The Morgan fingerprint density at radius 2 is 2.00 bits per heavy atom. The highest BCUT2D eigenvalue weighted by Crippen LogP contribution is 2.15. The second-order valence-electron chi connectivity index (χ2n) is 3.96. The molecule has 7 heteroatoms. The van der Waals surface area contributed by atoms with Crippen molar-refractivity contribution >= 4 is 21.7 Å². The van der Waals surface area contributed by atoms with Crippen LogP contribution in [-0.4, -0.2) is 38.1 Å². The Balaban J connectivity index is 2.90. The summed E-state index contributed by atoms with van der Waals surface area (Å²) in [5.41, 5.74) is 7.01. The molecule has 0 amide bonds. The van der Waals surface area contributed by atoms with Crippen molar-refractivity contribution < 1.29 is 17.9 Å². The molecule has 0 bridgehead atoms. The molecule has 0 radical (unpaired) electrons. The molecule has 0 atom stereocenters. The molecule has 6 nitrogen and oxygen atoms in total. The van der Waals surface area contributed by atoms with Gasteiger partial charge in [-0.2, -0.15) is 4.31 Å². The van der Waals surface area contributed by atoms with E-state index in [1.54, 1.807) is 31.2 Å². The van der Waals surface area contributed by atoms with E-state index in [1.807, 2.05) is 0 Å². The average Bonchev–Trinajstić information content (AvgIpc) is 2.36. The Kier molecular flexibility index (Phi) is 5.31. The Morgan fingerprint density at radius 1 is 1.37 bits per heavy atom. The number of nitrogen functional groups attached to an aromatic ring is 1. The first-order valence-corrected chi connectivity index (χ1v) is 7.39. The van der Waals surface area contributed by atoms with Crippen molar-refractivity contribution in [1.29, 1.82) is 0 Å². The van der Waals surface area contributed by atoms with Crippen LogP contribution in [-0.2, 0) is 26.1 Å². The standard InChI is InChI=1S/C12H18N2O4S/c1-3-14(19(16,17)9-12(15)18-2)8-10-6-4-5-7-11(10)13/h4-7H,3,8-9,13H2,1-2H3. The smallest absolute Gasteiger partial charge is 0.322 e. The van der Waals surface area contributed by atoms with E-state index in [9.17, 15) is 13.2 Å². The van der Waals surface area contributed by atoms with Gasteiger partial charge in [-0.1, -0.05) is 25.1 Å². The minimum absolute atomic E-state index is 0.141. The second-order valence-corrected chi connectivity index (χ2v) is 5.93. The number of sulfonamides is 1. The molecular weight excluding hydrogens is 268 g/mol. The fourth-order valence-corrected chi connectivity index (χ4v) is 2.90. The minimum Gasteiger partial charge on any atom is -0.468 e. The Morgan fingerprint density at radius 3 is 2.53 bits per heavy atom. The van der Waals surface area contributed by atoms with Crippen molar-refractivity contribution in [3.63, 3.8) is 0 Å². The van der Waals surface area contributed by atoms with Crippen LogP contribution >= 0.6 is 0 Å². The molecule has 19 heavy (non-hydrogen) atoms. The number of carbonyl (C=O) groups excluding carboxylic acids is 1. The first kappa shape index (κ1) is 15.5. The lowest BCUT2D eigenvalue weighted by molar-refractivity contribution is -0.137. The summed E-state index contributed by atoms with van der Waals surface area (Å²) in [6.07, 6.45) is 0. The molecule has 1 aromatic rings. The van der Waals surface area contributed by atoms with Crippen molar-refractivity contribution in [1.82, 2.24) is 4.31 Å². The molecule has 0 unspecified atom stereocenters. The highest BCUT2D eigenvalue weighted by Gasteiger charge is 2.25. The lowest BCUT2D eigenvalue weighted by Gasteiger charge is -2.20. The van der Waals surface area contributed by atoms with Crippen LogP contribution in [0.4, 0.5) is 5.69 Å². The Hall–Kier alpha value is -1.60. The number of rotatable bonds is 6. The summed E-state index contributed by atoms with van der Waals surface area (Å²) in [6, 6.07) is 7.02. The SMILES string of the molecule is CCN(Cc1ccccc1N)S(=O)(=O)CC(=O)OC. The molecule has 0 aliphatic carbocycles. The molecule has 0 saturated heterocycles. The maximum Gasteiger partial charge on any atom is 0.322 e. The van der Waals surface area contributed by atoms with E-state index < -0.39 is 21.7 Å². The van der Waals surface area contributed by atoms with Gasteiger partial charge in [0.2, 0.25) is 10.0 Å². The molecule has 0 aliphatic rings. The predicted molar refractivity (Wildman–Crippen MR) is 72.7 cm³/mol. The van der Waals surface area contributed by atoms with Crippen LogP contribution in [0, 0.1) is 0 Å². The molecule has 1 aromatic carbocycles. The molecule has 0 heterocycles. The number of anilines is 1. The Bertz CT molecular complexity index is 542. The van der Waals surface area contributed by atoms with Gasteiger partial charge in [0.1, 0.15) is 0 Å². The molecular formula is C12H18N2O4S. The van der Waals surface area contributed by atoms with Gasteiger partial charge in [0.15, 0.2) is 5.75 Å². The van der Waals surface area contributed by atoms with Crippen LogP contribution in [0.3, 0.4) is 0 Å². The predicted octanol–water partition coefficient (Wildman–Crippen LogP) is 0.594. The summed E-state index contributed by atoms with van der Waals surface area (Å²) in [7, 11) is -2.54. The maximum atomic E-state index is 12.0. The number of methoxy groups -OCH3 is 1. The van der Waals surface area contributed by atoms with Crippen molar-refractivity contribution in [2.75, 3.05) is 25.1 Å². The van der Waals surface area contributed by atoms with Gasteiger partial charge in [0.05, 0.1) is 7.11 Å². The van der Waals surface area contributed by atoms with Crippen LogP contribution < -0.4 is 5.73 Å². The van der Waals surface area contributed by atoms with Crippen molar-refractivity contribution in [2.45, 2.75) is 13.5 Å². The highest BCUT2D eigenvalue weighted by molar-refractivity contribution is 7.89. The topological polar surface area (TPSA) is 89.7 Å². The summed E-state index contributed by atoms with van der Waals surface area (Å²) < 4.78 is 29.7. The van der Waals surface area contributed by atoms with Crippen LogP contribution in [0.15, 0.2) is 24.3 Å². The van der Waals surface area contributed by atoms with Gasteiger partial charge in [0.25, 0.3) is 0 Å². The summed E-state index contributed by atoms with van der Waals surface area (Å²) in [6.45, 7) is 2.10. The number of nitrogens with zero attached hydrogens (tertiary/aromatic N) is 1. The maximum absolute atomic E-state index is 12.0. The number of hydrogen-bond donors (Lipinski definition) is 1. The average molecular weight is 286 g/mol. The number of hydrogen-bond acceptors (Lipinski definition) is 5. The van der Waals surface area contributed by atoms with E-state index in [0.717, 1.165) is 7.11 Å². The van der Waals surface area contributed by atoms with Crippen molar-refractivity contribution in [2.24, 2.45) is 0 Å². The highest BCUT2D eigenvalue weighted by atomic mass is 32.2. The number of nitrogens with two attached hydrogens (primary N) is 1. The lowest BCUT2D eigenvalue weighted by Crippen LogP contribution is -2.35. The van der Waals surface area contributed by atoms with E-state index in [1.165, 1.54) is 4.31 Å². The third kappa shape index (κ3) is 4.22. The number of esters is 1. The number of carbonyl (C=O) groups is 1. The second kappa shape index (κ2) is 6.53. The molecule has 0 fully saturated rings. The molecule has 0 saturated carbocycles. The third-order valence-corrected chi connectivity index (χ3v) is 4.45. The van der Waals surface area contributed by atoms with Gasteiger partial charge in [-0.15, -0.1) is 0 Å². The van der Waals surface area contributed by atoms with Gasteiger partial charge in [0, 0.05) is 18.8 Å². The third-order valence-electron chi connectivity index (χ3n) is 2.68. The van der Waals surface area contributed by atoms with E-state index >= 15 is 0 Å². The van der Waals surface area contributed by atoms with Gasteiger partial charge >= 0.3 is 5.97 Å². The van der Waals surface area contributed by atoms with Gasteiger partial charge in [-0.05, 0) is 11.6 Å². The molecule has 1 rings (SSSR count). The zero-order valence-electron chi connectivity index (χ0n) is 11.0. The van der Waals surface area contributed by atoms with Crippen LogP contribution in [0.25, 0.3) is 0 Å². The number of ether oxygens (including phenoxy) is 1. The Labute approximate surface area is 113 Å². The molecule has 106 valence electrons. The summed E-state index contributed by atoms with van der Waals surface area (Å²) in [4.78, 5) is 11.1. The number of para-hydroxylation sites is 1. The van der Waals surface area contributed by atoms with E-state index in [4.69, 9.17) is 5.73 Å². The normalized spacial score (nSPS) is 11.5. The van der Waals surface area contributed by atoms with Gasteiger partial charge in [-0.25, -0.2) is 8.42 Å². The number of benzene rings is 1. The van der Waals surface area contributed by atoms with Gasteiger partial charge in [-0.3, -0.25) is 4.79 Å². The quantitative estimate of drug-likeness (QED) is 0.610. The van der Waals surface area contributed by atoms with Crippen LogP contribution in [0.5, 0.6) is 0 Å². The van der Waals surface area contributed by atoms with E-state index in [-0.39, 0.29) is 13.1 Å². The fourth-order valence-electron chi connectivity index (χ4n) is 1.57. The zero-order chi connectivity index (χ0) is 14.5. The molecule has 2 N–H and O–H groups in total. The lowest BCUT2D eigenvalue weighted by atomic mass is 10.2. The monoisotopic (exact) mass is 286 g/mol. The molecule has 0 aromatic heterocycles. The van der Waals surface area contributed by atoms with Crippen LogP contribution in [0.2, 0.25) is 0 Å². The van der Waals surface area contributed by atoms with Crippen molar-refractivity contribution in [3.8, 4) is 0 Å².